The second-order valence-electron chi connectivity index (χ2n) is 6.20. The highest BCUT2D eigenvalue weighted by Gasteiger charge is 2.31. The molecule has 1 aromatic carbocycles. The van der Waals surface area contributed by atoms with Gasteiger partial charge in [0, 0.05) is 55.3 Å². The third-order valence-corrected chi connectivity index (χ3v) is 5.26. The third-order valence-electron chi connectivity index (χ3n) is 4.77. The Morgan fingerprint density at radius 1 is 1.35 bits per heavy atom. The number of halogens is 1. The van der Waals surface area contributed by atoms with Gasteiger partial charge in [0.1, 0.15) is 5.75 Å². The lowest BCUT2D eigenvalue weighted by atomic mass is 10.1. The van der Waals surface area contributed by atoms with Crippen molar-refractivity contribution in [2.24, 2.45) is 0 Å². The van der Waals surface area contributed by atoms with E-state index in [9.17, 15) is 4.79 Å². The number of nitrogens with zero attached hydrogens (tertiary/aromatic N) is 2. The summed E-state index contributed by atoms with van der Waals surface area (Å²) >= 11 is 3.47. The van der Waals surface area contributed by atoms with Crippen LogP contribution in [0.25, 0.3) is 0 Å². The predicted molar refractivity (Wildman–Crippen MR) is 93.8 cm³/mol. The van der Waals surface area contributed by atoms with E-state index in [4.69, 9.17) is 4.74 Å². The molecule has 2 fully saturated rings. The second-order valence-corrected chi connectivity index (χ2v) is 7.12. The van der Waals surface area contributed by atoms with Crippen LogP contribution in [0.5, 0.6) is 5.75 Å². The van der Waals surface area contributed by atoms with Gasteiger partial charge in [-0.05, 0) is 24.6 Å². The highest BCUT2D eigenvalue weighted by Crippen LogP contribution is 2.25. The molecule has 2 aliphatic heterocycles. The second kappa shape index (κ2) is 7.64. The van der Waals surface area contributed by atoms with E-state index in [1.54, 1.807) is 7.11 Å². The average Bonchev–Trinajstić information content (AvgIpc) is 3.06. The number of carbonyl (C=O) groups excluding carboxylic acids is 1. The van der Waals surface area contributed by atoms with E-state index in [2.05, 4.69) is 26.1 Å². The van der Waals surface area contributed by atoms with E-state index in [-0.39, 0.29) is 5.91 Å². The van der Waals surface area contributed by atoms with Crippen LogP contribution >= 0.6 is 15.9 Å². The van der Waals surface area contributed by atoms with Crippen LogP contribution in [0.15, 0.2) is 22.7 Å². The van der Waals surface area contributed by atoms with Crippen LogP contribution in [-0.2, 0) is 11.2 Å². The molecule has 1 amide bonds. The van der Waals surface area contributed by atoms with Crippen molar-refractivity contribution in [3.05, 3.63) is 28.2 Å². The van der Waals surface area contributed by atoms with Crippen molar-refractivity contribution in [3.63, 3.8) is 0 Å². The van der Waals surface area contributed by atoms with Gasteiger partial charge in [-0.25, -0.2) is 0 Å². The highest BCUT2D eigenvalue weighted by molar-refractivity contribution is 9.10. The molecular formula is C17H24BrN3O2. The lowest BCUT2D eigenvalue weighted by Crippen LogP contribution is -2.49. The first kappa shape index (κ1) is 16.7. The standard InChI is InChI=1S/C17H24BrN3O2/c1-23-16-3-2-14(18)10-13(16)11-17(22)21-7-4-15(12-21)20-8-5-19-6-9-20/h2-3,10,15,19H,4-9,11-12H2,1H3. The molecule has 126 valence electrons. The molecule has 0 aromatic heterocycles. The van der Waals surface area contributed by atoms with Crippen LogP contribution in [0.2, 0.25) is 0 Å². The number of rotatable bonds is 4. The van der Waals surface area contributed by atoms with Gasteiger partial charge in [-0.3, -0.25) is 9.69 Å². The van der Waals surface area contributed by atoms with Gasteiger partial charge in [0.25, 0.3) is 0 Å². The average molecular weight is 382 g/mol. The Kier molecular flexibility index (Phi) is 5.56. The van der Waals surface area contributed by atoms with E-state index >= 15 is 0 Å². The number of hydrogen-bond acceptors (Lipinski definition) is 4. The summed E-state index contributed by atoms with van der Waals surface area (Å²) in [7, 11) is 1.65. The van der Waals surface area contributed by atoms with Gasteiger partial charge in [-0.1, -0.05) is 15.9 Å². The molecule has 0 radical (unpaired) electrons. The lowest BCUT2D eigenvalue weighted by Gasteiger charge is -2.32. The molecular weight excluding hydrogens is 358 g/mol. The Morgan fingerprint density at radius 2 is 2.13 bits per heavy atom. The van der Waals surface area contributed by atoms with Crippen LogP contribution in [0.1, 0.15) is 12.0 Å². The van der Waals surface area contributed by atoms with Gasteiger partial charge in [-0.2, -0.15) is 0 Å². The first-order chi connectivity index (χ1) is 11.2. The minimum atomic E-state index is 0.194. The van der Waals surface area contributed by atoms with E-state index < -0.39 is 0 Å². The number of amides is 1. The van der Waals surface area contributed by atoms with Crippen molar-refractivity contribution in [1.82, 2.24) is 15.1 Å². The molecule has 0 bridgehead atoms. The molecule has 5 nitrogen and oxygen atoms in total. The molecule has 0 saturated carbocycles. The summed E-state index contributed by atoms with van der Waals surface area (Å²) in [5.74, 6) is 0.971. The Labute approximate surface area is 146 Å². The molecule has 1 unspecified atom stereocenters. The van der Waals surface area contributed by atoms with Crippen molar-refractivity contribution in [2.45, 2.75) is 18.9 Å². The van der Waals surface area contributed by atoms with Crippen molar-refractivity contribution in [3.8, 4) is 5.75 Å². The van der Waals surface area contributed by atoms with Crippen molar-refractivity contribution in [1.29, 1.82) is 0 Å². The summed E-state index contributed by atoms with van der Waals surface area (Å²) < 4.78 is 6.35. The number of ether oxygens (including phenoxy) is 1. The van der Waals surface area contributed by atoms with Crippen LogP contribution in [0.4, 0.5) is 0 Å². The van der Waals surface area contributed by atoms with E-state index in [0.717, 1.165) is 61.5 Å². The minimum Gasteiger partial charge on any atom is -0.496 e. The summed E-state index contributed by atoms with van der Waals surface area (Å²) in [4.78, 5) is 17.2. The molecule has 6 heteroatoms. The normalized spacial score (nSPS) is 22.3. The van der Waals surface area contributed by atoms with Crippen LogP contribution < -0.4 is 10.1 Å². The number of nitrogens with one attached hydrogen (secondary N) is 1. The number of methoxy groups -OCH3 is 1. The molecule has 3 rings (SSSR count). The summed E-state index contributed by atoms with van der Waals surface area (Å²) in [6.07, 6.45) is 1.48. The maximum absolute atomic E-state index is 12.6. The zero-order chi connectivity index (χ0) is 16.2. The van der Waals surface area contributed by atoms with Crippen LogP contribution in [0, 0.1) is 0 Å². The van der Waals surface area contributed by atoms with Crippen molar-refractivity contribution < 1.29 is 9.53 Å². The smallest absolute Gasteiger partial charge is 0.227 e. The molecule has 1 aromatic rings. The maximum Gasteiger partial charge on any atom is 0.227 e. The quantitative estimate of drug-likeness (QED) is 0.858. The Balaban J connectivity index is 1.60. The van der Waals surface area contributed by atoms with Gasteiger partial charge in [0.2, 0.25) is 5.91 Å². The monoisotopic (exact) mass is 381 g/mol. The molecule has 1 atom stereocenters. The molecule has 23 heavy (non-hydrogen) atoms. The zero-order valence-corrected chi connectivity index (χ0v) is 15.1. The van der Waals surface area contributed by atoms with Gasteiger partial charge in [0.15, 0.2) is 0 Å². The molecule has 2 heterocycles. The molecule has 0 aliphatic carbocycles. The first-order valence-corrected chi connectivity index (χ1v) is 9.01. The van der Waals surface area contributed by atoms with Gasteiger partial charge >= 0.3 is 0 Å². The Morgan fingerprint density at radius 3 is 2.87 bits per heavy atom. The number of hydrogen-bond donors (Lipinski definition) is 1. The fourth-order valence-electron chi connectivity index (χ4n) is 3.47. The van der Waals surface area contributed by atoms with E-state index in [1.165, 1.54) is 0 Å². The zero-order valence-electron chi connectivity index (χ0n) is 13.6. The fraction of sp³-hybridized carbons (Fsp3) is 0.588. The van der Waals surface area contributed by atoms with E-state index in [1.807, 2.05) is 23.1 Å². The first-order valence-electron chi connectivity index (χ1n) is 8.22. The number of likely N-dealkylation sites (tertiary alicyclic amines) is 1. The summed E-state index contributed by atoms with van der Waals surface area (Å²) in [6, 6.07) is 6.33. The fourth-order valence-corrected chi connectivity index (χ4v) is 3.88. The largest absolute Gasteiger partial charge is 0.496 e. The molecule has 2 saturated heterocycles. The van der Waals surface area contributed by atoms with Crippen molar-refractivity contribution >= 4 is 21.8 Å². The van der Waals surface area contributed by atoms with Crippen molar-refractivity contribution in [2.75, 3.05) is 46.4 Å². The predicted octanol–water partition coefficient (Wildman–Crippen LogP) is 1.51. The van der Waals surface area contributed by atoms with Crippen LogP contribution in [0.3, 0.4) is 0 Å². The molecule has 1 N–H and O–H groups in total. The number of carbonyl (C=O) groups is 1. The Bertz CT molecular complexity index is 561. The summed E-state index contributed by atoms with van der Waals surface area (Å²) in [5, 5.41) is 3.38. The minimum absolute atomic E-state index is 0.194. The molecule has 2 aliphatic rings. The number of benzene rings is 1. The summed E-state index contributed by atoms with van der Waals surface area (Å²) in [5.41, 5.74) is 0.942. The van der Waals surface area contributed by atoms with Crippen LogP contribution in [-0.4, -0.2) is 68.1 Å². The SMILES string of the molecule is COc1ccc(Br)cc1CC(=O)N1CCC(N2CCNCC2)C1. The van der Waals surface area contributed by atoms with Gasteiger partial charge in [-0.15, -0.1) is 0 Å². The van der Waals surface area contributed by atoms with Gasteiger partial charge < -0.3 is 15.0 Å². The third kappa shape index (κ3) is 4.05. The lowest BCUT2D eigenvalue weighted by molar-refractivity contribution is -0.129. The Hall–Kier alpha value is -1.11. The van der Waals surface area contributed by atoms with E-state index in [0.29, 0.717) is 12.5 Å². The van der Waals surface area contributed by atoms with Gasteiger partial charge in [0.05, 0.1) is 13.5 Å². The maximum atomic E-state index is 12.6. The molecule has 0 spiro atoms. The highest BCUT2D eigenvalue weighted by atomic mass is 79.9. The number of piperazine rings is 1. The summed E-state index contributed by atoms with van der Waals surface area (Å²) in [6.45, 7) is 6.01. The topological polar surface area (TPSA) is 44.8 Å².